The van der Waals surface area contributed by atoms with Crippen molar-refractivity contribution in [3.63, 3.8) is 0 Å². The molecule has 0 aliphatic heterocycles. The summed E-state index contributed by atoms with van der Waals surface area (Å²) in [6.45, 7) is 9.64. The van der Waals surface area contributed by atoms with Gasteiger partial charge in [0.2, 0.25) is 0 Å². The van der Waals surface area contributed by atoms with E-state index in [2.05, 4.69) is 15.4 Å². The SMILES string of the molecule is COC(=O)/C=C(\Nc1c(C)cc(C)cc1C)C(=O)NC(C)C. The van der Waals surface area contributed by atoms with E-state index in [9.17, 15) is 9.59 Å². The van der Waals surface area contributed by atoms with Gasteiger partial charge in [0.1, 0.15) is 5.70 Å². The number of anilines is 1. The molecule has 0 saturated heterocycles. The third-order valence-electron chi connectivity index (χ3n) is 3.06. The van der Waals surface area contributed by atoms with E-state index in [0.717, 1.165) is 28.5 Å². The molecule has 2 N–H and O–H groups in total. The standard InChI is InChI=1S/C17H24N2O3/c1-10(2)18-17(21)14(9-15(20)22-6)19-16-12(4)7-11(3)8-13(16)5/h7-10,19H,1-6H3,(H,18,21)/b14-9-. The minimum atomic E-state index is -0.580. The Morgan fingerprint density at radius 2 is 1.68 bits per heavy atom. The van der Waals surface area contributed by atoms with E-state index in [1.807, 2.05) is 46.8 Å². The van der Waals surface area contributed by atoms with E-state index >= 15 is 0 Å². The Kier molecular flexibility index (Phi) is 6.16. The van der Waals surface area contributed by atoms with Crippen molar-refractivity contribution in [2.45, 2.75) is 40.7 Å². The molecule has 0 aromatic heterocycles. The summed E-state index contributed by atoms with van der Waals surface area (Å²) in [5.41, 5.74) is 4.14. The van der Waals surface area contributed by atoms with Gasteiger partial charge < -0.3 is 15.4 Å². The third-order valence-corrected chi connectivity index (χ3v) is 3.06. The third kappa shape index (κ3) is 4.91. The molecule has 22 heavy (non-hydrogen) atoms. The zero-order chi connectivity index (χ0) is 16.9. The van der Waals surface area contributed by atoms with Gasteiger partial charge in [-0.3, -0.25) is 4.79 Å². The van der Waals surface area contributed by atoms with Gasteiger partial charge in [-0.05, 0) is 45.7 Å². The molecule has 0 atom stereocenters. The monoisotopic (exact) mass is 304 g/mol. The Morgan fingerprint density at radius 1 is 1.14 bits per heavy atom. The quantitative estimate of drug-likeness (QED) is 0.648. The van der Waals surface area contributed by atoms with Crippen LogP contribution in [0.3, 0.4) is 0 Å². The Hall–Kier alpha value is -2.30. The van der Waals surface area contributed by atoms with Gasteiger partial charge in [0.15, 0.2) is 0 Å². The second-order valence-corrected chi connectivity index (χ2v) is 5.61. The Bertz CT molecular complexity index is 581. The van der Waals surface area contributed by atoms with Crippen LogP contribution in [-0.2, 0) is 14.3 Å². The van der Waals surface area contributed by atoms with Crippen LogP contribution >= 0.6 is 0 Å². The van der Waals surface area contributed by atoms with Crippen LogP contribution in [-0.4, -0.2) is 25.0 Å². The van der Waals surface area contributed by atoms with Crippen LogP contribution in [0.15, 0.2) is 23.9 Å². The number of methoxy groups -OCH3 is 1. The molecule has 0 bridgehead atoms. The predicted molar refractivity (Wildman–Crippen MR) is 87.7 cm³/mol. The van der Waals surface area contributed by atoms with Crippen molar-refractivity contribution in [1.82, 2.24) is 5.32 Å². The number of nitrogens with one attached hydrogen (secondary N) is 2. The fourth-order valence-corrected chi connectivity index (χ4v) is 2.19. The van der Waals surface area contributed by atoms with Gasteiger partial charge in [-0.1, -0.05) is 17.7 Å². The van der Waals surface area contributed by atoms with Crippen molar-refractivity contribution < 1.29 is 14.3 Å². The number of benzene rings is 1. The van der Waals surface area contributed by atoms with E-state index < -0.39 is 5.97 Å². The maximum absolute atomic E-state index is 12.2. The molecule has 0 fully saturated rings. The molecule has 5 nitrogen and oxygen atoms in total. The van der Waals surface area contributed by atoms with Crippen LogP contribution in [0.1, 0.15) is 30.5 Å². The van der Waals surface area contributed by atoms with E-state index in [1.165, 1.54) is 7.11 Å². The lowest BCUT2D eigenvalue weighted by Crippen LogP contribution is -2.34. The maximum atomic E-state index is 12.2. The summed E-state index contributed by atoms with van der Waals surface area (Å²) < 4.78 is 4.62. The number of hydrogen-bond acceptors (Lipinski definition) is 4. The van der Waals surface area contributed by atoms with Gasteiger partial charge in [0, 0.05) is 11.7 Å². The summed E-state index contributed by atoms with van der Waals surface area (Å²) in [7, 11) is 1.28. The van der Waals surface area contributed by atoms with Crippen LogP contribution in [0.5, 0.6) is 0 Å². The number of esters is 1. The first kappa shape index (κ1) is 17.8. The summed E-state index contributed by atoms with van der Waals surface area (Å²) in [5, 5.41) is 5.83. The average molecular weight is 304 g/mol. The predicted octanol–water partition coefficient (Wildman–Crippen LogP) is 2.61. The van der Waals surface area contributed by atoms with Gasteiger partial charge in [0.25, 0.3) is 5.91 Å². The van der Waals surface area contributed by atoms with Gasteiger partial charge in [0.05, 0.1) is 13.2 Å². The highest BCUT2D eigenvalue weighted by atomic mass is 16.5. The van der Waals surface area contributed by atoms with E-state index in [4.69, 9.17) is 0 Å². The molecule has 120 valence electrons. The molecule has 5 heteroatoms. The van der Waals surface area contributed by atoms with Crippen LogP contribution < -0.4 is 10.6 Å². The van der Waals surface area contributed by atoms with Crippen LogP contribution in [0.4, 0.5) is 5.69 Å². The van der Waals surface area contributed by atoms with E-state index in [0.29, 0.717) is 0 Å². The van der Waals surface area contributed by atoms with Crippen molar-refractivity contribution in [2.75, 3.05) is 12.4 Å². The van der Waals surface area contributed by atoms with Gasteiger partial charge in [-0.15, -0.1) is 0 Å². The lowest BCUT2D eigenvalue weighted by atomic mass is 10.0. The Morgan fingerprint density at radius 3 is 2.14 bits per heavy atom. The zero-order valence-electron chi connectivity index (χ0n) is 14.0. The van der Waals surface area contributed by atoms with Gasteiger partial charge in [-0.2, -0.15) is 0 Å². The van der Waals surface area contributed by atoms with Crippen molar-refractivity contribution in [2.24, 2.45) is 0 Å². The first-order valence-corrected chi connectivity index (χ1v) is 7.20. The van der Waals surface area contributed by atoms with Gasteiger partial charge in [-0.25, -0.2) is 4.79 Å². The fraction of sp³-hybridized carbons (Fsp3) is 0.412. The molecular weight excluding hydrogens is 280 g/mol. The molecular formula is C17H24N2O3. The highest BCUT2D eigenvalue weighted by Gasteiger charge is 2.15. The average Bonchev–Trinajstić information content (AvgIpc) is 2.40. The number of carbonyl (C=O) groups is 2. The maximum Gasteiger partial charge on any atom is 0.332 e. The lowest BCUT2D eigenvalue weighted by molar-refractivity contribution is -0.135. The molecule has 0 spiro atoms. The summed E-state index contributed by atoms with van der Waals surface area (Å²) in [6, 6.07) is 4.01. The molecule has 1 amide bonds. The van der Waals surface area contributed by atoms with E-state index in [1.54, 1.807) is 0 Å². The zero-order valence-corrected chi connectivity index (χ0v) is 14.0. The fourth-order valence-electron chi connectivity index (χ4n) is 2.19. The summed E-state index contributed by atoms with van der Waals surface area (Å²) in [6.07, 6.45) is 1.16. The van der Waals surface area contributed by atoms with Crippen LogP contribution in [0.2, 0.25) is 0 Å². The summed E-state index contributed by atoms with van der Waals surface area (Å²) >= 11 is 0. The highest BCUT2D eigenvalue weighted by molar-refractivity contribution is 6.02. The Labute approximate surface area is 131 Å². The number of aryl methyl sites for hydroxylation is 3. The van der Waals surface area contributed by atoms with Crippen molar-refractivity contribution in [3.8, 4) is 0 Å². The second kappa shape index (κ2) is 7.64. The van der Waals surface area contributed by atoms with Crippen LogP contribution in [0.25, 0.3) is 0 Å². The Balaban J connectivity index is 3.17. The molecule has 0 heterocycles. The van der Waals surface area contributed by atoms with Crippen molar-refractivity contribution >= 4 is 17.6 Å². The molecule has 0 saturated carbocycles. The molecule has 0 unspecified atom stereocenters. The highest BCUT2D eigenvalue weighted by Crippen LogP contribution is 2.23. The summed E-state index contributed by atoms with van der Waals surface area (Å²) in [5.74, 6) is -0.927. The first-order chi connectivity index (χ1) is 10.2. The molecule has 1 aromatic carbocycles. The second-order valence-electron chi connectivity index (χ2n) is 5.61. The molecule has 0 aliphatic carbocycles. The molecule has 1 rings (SSSR count). The van der Waals surface area contributed by atoms with E-state index in [-0.39, 0.29) is 17.6 Å². The smallest absolute Gasteiger partial charge is 0.332 e. The normalized spacial score (nSPS) is 11.3. The van der Waals surface area contributed by atoms with Gasteiger partial charge >= 0.3 is 5.97 Å². The molecule has 0 aliphatic rings. The van der Waals surface area contributed by atoms with Crippen molar-refractivity contribution in [3.05, 3.63) is 40.6 Å². The number of ether oxygens (including phenoxy) is 1. The summed E-state index contributed by atoms with van der Waals surface area (Å²) in [4.78, 5) is 23.8. The number of hydrogen-bond donors (Lipinski definition) is 2. The molecule has 0 radical (unpaired) electrons. The topological polar surface area (TPSA) is 67.4 Å². The largest absolute Gasteiger partial charge is 0.466 e. The molecule has 1 aromatic rings. The lowest BCUT2D eigenvalue weighted by Gasteiger charge is -2.17. The minimum absolute atomic E-state index is 0.0319. The number of carbonyl (C=O) groups excluding carboxylic acids is 2. The minimum Gasteiger partial charge on any atom is -0.466 e. The first-order valence-electron chi connectivity index (χ1n) is 7.20. The van der Waals surface area contributed by atoms with Crippen LogP contribution in [0, 0.1) is 20.8 Å². The number of rotatable bonds is 5. The number of amides is 1. The van der Waals surface area contributed by atoms with Crippen molar-refractivity contribution in [1.29, 1.82) is 0 Å².